The summed E-state index contributed by atoms with van der Waals surface area (Å²) in [4.78, 5) is 6.88. The van der Waals surface area contributed by atoms with Crippen LogP contribution in [0.25, 0.3) is 0 Å². The van der Waals surface area contributed by atoms with Crippen LogP contribution in [0, 0.1) is 5.41 Å². The lowest BCUT2D eigenvalue weighted by atomic mass is 9.93. The van der Waals surface area contributed by atoms with E-state index in [1.165, 1.54) is 12.0 Å². The molecule has 1 saturated heterocycles. The molecule has 0 unspecified atom stereocenters. The van der Waals surface area contributed by atoms with Gasteiger partial charge in [-0.2, -0.15) is 0 Å². The Morgan fingerprint density at radius 3 is 2.75 bits per heavy atom. The first-order valence-corrected chi connectivity index (χ1v) is 6.01. The molecule has 88 valence electrons. The molecule has 3 heteroatoms. The van der Waals surface area contributed by atoms with Gasteiger partial charge in [-0.25, -0.2) is 4.98 Å². The van der Waals surface area contributed by atoms with Crippen molar-refractivity contribution >= 4 is 5.82 Å². The van der Waals surface area contributed by atoms with Crippen molar-refractivity contribution in [1.29, 1.82) is 0 Å². The minimum atomic E-state index is 0.428. The first kappa shape index (κ1) is 11.4. The Morgan fingerprint density at radius 1 is 1.44 bits per heavy atom. The molecule has 16 heavy (non-hydrogen) atoms. The molecule has 1 aliphatic heterocycles. The highest BCUT2D eigenvalue weighted by molar-refractivity contribution is 5.41. The fraction of sp³-hybridized carbons (Fsp3) is 0.615. The molecule has 0 aromatic carbocycles. The molecular weight excluding hydrogens is 198 g/mol. The second-order valence-corrected chi connectivity index (χ2v) is 5.40. The van der Waals surface area contributed by atoms with Gasteiger partial charge in [-0.3, -0.25) is 0 Å². The van der Waals surface area contributed by atoms with Crippen LogP contribution in [0.15, 0.2) is 18.3 Å². The van der Waals surface area contributed by atoms with Crippen molar-refractivity contribution in [3.8, 4) is 0 Å². The smallest absolute Gasteiger partial charge is 0.128 e. The quantitative estimate of drug-likeness (QED) is 0.843. The van der Waals surface area contributed by atoms with Crippen molar-refractivity contribution in [1.82, 2.24) is 4.98 Å². The third kappa shape index (κ3) is 2.53. The molecular formula is C13H21N3. The van der Waals surface area contributed by atoms with Crippen molar-refractivity contribution in [3.63, 3.8) is 0 Å². The molecule has 2 N–H and O–H groups in total. The summed E-state index contributed by atoms with van der Waals surface area (Å²) in [5.74, 6) is 1.10. The highest BCUT2D eigenvalue weighted by Gasteiger charge is 2.29. The predicted molar refractivity (Wildman–Crippen MR) is 67.6 cm³/mol. The maximum atomic E-state index is 5.52. The molecule has 1 aromatic heterocycles. The van der Waals surface area contributed by atoms with Gasteiger partial charge in [0.1, 0.15) is 5.82 Å². The molecule has 0 aliphatic carbocycles. The fourth-order valence-corrected chi connectivity index (χ4v) is 2.23. The molecule has 2 heterocycles. The van der Waals surface area contributed by atoms with Gasteiger partial charge in [0.15, 0.2) is 0 Å². The normalized spacial score (nSPS) is 19.1. The van der Waals surface area contributed by atoms with E-state index in [4.69, 9.17) is 5.73 Å². The second kappa shape index (κ2) is 4.42. The van der Waals surface area contributed by atoms with Gasteiger partial charge in [0.2, 0.25) is 0 Å². The zero-order chi connectivity index (χ0) is 11.6. The van der Waals surface area contributed by atoms with E-state index in [1.54, 1.807) is 0 Å². The Bertz CT molecular complexity index is 343. The standard InChI is InChI=1S/C13H21N3/c1-13(2)6-8-16(10-13)12-4-3-11(5-7-14)9-15-12/h3-4,9H,5-8,10,14H2,1-2H3. The van der Waals surface area contributed by atoms with Crippen LogP contribution in [0.5, 0.6) is 0 Å². The minimum Gasteiger partial charge on any atom is -0.356 e. The average molecular weight is 219 g/mol. The van der Waals surface area contributed by atoms with E-state index < -0.39 is 0 Å². The lowest BCUT2D eigenvalue weighted by molar-refractivity contribution is 0.418. The summed E-state index contributed by atoms with van der Waals surface area (Å²) in [6, 6.07) is 4.26. The van der Waals surface area contributed by atoms with Gasteiger partial charge in [-0.15, -0.1) is 0 Å². The van der Waals surface area contributed by atoms with E-state index in [0.717, 1.165) is 25.3 Å². The fourth-order valence-electron chi connectivity index (χ4n) is 2.23. The Kier molecular flexibility index (Phi) is 3.15. The van der Waals surface area contributed by atoms with E-state index >= 15 is 0 Å². The van der Waals surface area contributed by atoms with Gasteiger partial charge in [-0.05, 0) is 36.4 Å². The monoisotopic (exact) mass is 219 g/mol. The molecule has 0 radical (unpaired) electrons. The second-order valence-electron chi connectivity index (χ2n) is 5.40. The summed E-state index contributed by atoms with van der Waals surface area (Å²) >= 11 is 0. The lowest BCUT2D eigenvalue weighted by Gasteiger charge is -2.20. The number of rotatable bonds is 3. The van der Waals surface area contributed by atoms with Crippen LogP contribution in [0.2, 0.25) is 0 Å². The van der Waals surface area contributed by atoms with Crippen LogP contribution in [0.1, 0.15) is 25.8 Å². The third-order valence-corrected chi connectivity index (χ3v) is 3.24. The molecule has 1 aromatic rings. The predicted octanol–water partition coefficient (Wildman–Crippen LogP) is 1.82. The van der Waals surface area contributed by atoms with Crippen LogP contribution < -0.4 is 10.6 Å². The molecule has 0 amide bonds. The van der Waals surface area contributed by atoms with Crippen molar-refractivity contribution in [2.24, 2.45) is 11.1 Å². The van der Waals surface area contributed by atoms with Crippen molar-refractivity contribution in [3.05, 3.63) is 23.9 Å². The molecule has 1 aliphatic rings. The van der Waals surface area contributed by atoms with Crippen LogP contribution >= 0.6 is 0 Å². The van der Waals surface area contributed by atoms with Gasteiger partial charge in [0.25, 0.3) is 0 Å². The van der Waals surface area contributed by atoms with Gasteiger partial charge < -0.3 is 10.6 Å². The SMILES string of the molecule is CC1(C)CCN(c2ccc(CCN)cn2)C1. The van der Waals surface area contributed by atoms with Gasteiger partial charge in [0.05, 0.1) is 0 Å². The Balaban J connectivity index is 2.05. The third-order valence-electron chi connectivity index (χ3n) is 3.24. The van der Waals surface area contributed by atoms with E-state index in [0.29, 0.717) is 12.0 Å². The Labute approximate surface area is 97.7 Å². The number of hydrogen-bond acceptors (Lipinski definition) is 3. The molecule has 0 bridgehead atoms. The first-order chi connectivity index (χ1) is 7.61. The highest BCUT2D eigenvalue weighted by Crippen LogP contribution is 2.31. The average Bonchev–Trinajstić information content (AvgIpc) is 2.61. The molecule has 0 atom stereocenters. The summed E-state index contributed by atoms with van der Waals surface area (Å²) in [6.45, 7) is 7.55. The van der Waals surface area contributed by atoms with E-state index in [9.17, 15) is 0 Å². The molecule has 0 spiro atoms. The summed E-state index contributed by atoms with van der Waals surface area (Å²) in [7, 11) is 0. The summed E-state index contributed by atoms with van der Waals surface area (Å²) < 4.78 is 0. The largest absolute Gasteiger partial charge is 0.356 e. The first-order valence-electron chi connectivity index (χ1n) is 6.01. The van der Waals surface area contributed by atoms with Crippen molar-refractivity contribution < 1.29 is 0 Å². The van der Waals surface area contributed by atoms with Crippen molar-refractivity contribution in [2.45, 2.75) is 26.7 Å². The van der Waals surface area contributed by atoms with Crippen LogP contribution in [-0.4, -0.2) is 24.6 Å². The zero-order valence-electron chi connectivity index (χ0n) is 10.2. The van der Waals surface area contributed by atoms with Gasteiger partial charge >= 0.3 is 0 Å². The van der Waals surface area contributed by atoms with E-state index in [-0.39, 0.29) is 0 Å². The summed E-state index contributed by atoms with van der Waals surface area (Å²) in [5.41, 5.74) is 7.17. The number of nitrogens with two attached hydrogens (primary N) is 1. The number of pyridine rings is 1. The minimum absolute atomic E-state index is 0.428. The number of anilines is 1. The van der Waals surface area contributed by atoms with Crippen LogP contribution in [-0.2, 0) is 6.42 Å². The molecule has 3 nitrogen and oxygen atoms in total. The Hall–Kier alpha value is -1.09. The Morgan fingerprint density at radius 2 is 2.25 bits per heavy atom. The van der Waals surface area contributed by atoms with E-state index in [1.807, 2.05) is 6.20 Å². The van der Waals surface area contributed by atoms with Crippen LogP contribution in [0.4, 0.5) is 5.82 Å². The molecule has 0 saturated carbocycles. The maximum Gasteiger partial charge on any atom is 0.128 e. The number of nitrogens with zero attached hydrogens (tertiary/aromatic N) is 2. The van der Waals surface area contributed by atoms with Gasteiger partial charge in [0, 0.05) is 19.3 Å². The van der Waals surface area contributed by atoms with Crippen molar-refractivity contribution in [2.75, 3.05) is 24.5 Å². The lowest BCUT2D eigenvalue weighted by Crippen LogP contribution is -2.23. The molecule has 1 fully saturated rings. The maximum absolute atomic E-state index is 5.52. The van der Waals surface area contributed by atoms with Gasteiger partial charge in [-0.1, -0.05) is 19.9 Å². The molecule has 2 rings (SSSR count). The summed E-state index contributed by atoms with van der Waals surface area (Å²) in [6.07, 6.45) is 4.12. The highest BCUT2D eigenvalue weighted by atomic mass is 15.2. The van der Waals surface area contributed by atoms with Crippen LogP contribution in [0.3, 0.4) is 0 Å². The number of hydrogen-bond donors (Lipinski definition) is 1. The zero-order valence-corrected chi connectivity index (χ0v) is 10.2. The topological polar surface area (TPSA) is 42.1 Å². The summed E-state index contributed by atoms with van der Waals surface area (Å²) in [5, 5.41) is 0. The number of aromatic nitrogens is 1. The van der Waals surface area contributed by atoms with E-state index in [2.05, 4.69) is 35.9 Å².